The molecule has 0 aliphatic heterocycles. The van der Waals surface area contributed by atoms with Gasteiger partial charge in [-0.1, -0.05) is 251 Å². The van der Waals surface area contributed by atoms with Crippen molar-refractivity contribution >= 4 is 442 Å². The summed E-state index contributed by atoms with van der Waals surface area (Å²) in [7, 11) is 8.95. The molecule has 0 aliphatic rings. The number of aliphatic hydroxyl groups is 3. The van der Waals surface area contributed by atoms with Crippen molar-refractivity contribution in [1.82, 2.24) is 57.9 Å². The van der Waals surface area contributed by atoms with Gasteiger partial charge in [-0.15, -0.1) is 12.4 Å². The summed E-state index contributed by atoms with van der Waals surface area (Å²) in [4.78, 5) is 96.6. The minimum atomic E-state index is -1.12. The number of nitrogens with zero attached hydrogens (tertiary/aromatic N) is 11. The zero-order valence-electron chi connectivity index (χ0n) is 75.3. The molecule has 10 heterocycles. The minimum Gasteiger partial charge on any atom is -0.870 e. The number of fused-ring (bicyclic) bond motifs is 5. The van der Waals surface area contributed by atoms with Gasteiger partial charge < -0.3 is 80.7 Å². The van der Waals surface area contributed by atoms with E-state index in [1.165, 1.54) is 32.9 Å². The van der Waals surface area contributed by atoms with Crippen molar-refractivity contribution in [2.24, 2.45) is 10.2 Å². The first-order valence-electron chi connectivity index (χ1n) is 38.9. The standard InChI is InChI=1S/C18H14Br2Cl2N4O3.C16H12Br2Cl2N4O3.C15H9Br2Cl2N3O2.C15H10BrCl2N3O2.C14H7Br2Cl2N3O2.C4H9NO2.CHCl3.2CH4O.CH4.BHNS.ClH.Na.H2O/c1-2-28-5-6-29-25-18(27)11-9-26-14(20)8-23-17(26)15(22)16(11)24-13-4-3-10(19)7-12(13)21;17-8-1-2-11(10(19)5-8)22-14-9(16(26)23-27-4-3-25)7-24-12(18)6-21-15(24)13(14)20;1-24-15(23)8-6-22-11(17)5-20-14(22)12(19)13(8)21-10-3-2-7(16)4-9(10)18;1-23-15(22)9-7-21-5-4-19-14(21)12(18)13(9)20-11-3-2-8(16)6-10(11)17;15-6-1-2-9(8(17)3-6)20-12-7(14(22)23)5-21-10(16)4-19-13(21)11(12)18;1-2-6-3-4-7-5;2-1(3)4;2*1-2;;1-2-3;;;/h2-4,7-9,24H,1,5-6H2,(H,25,27);1-2,5-7,22,25H,3-4H2,(H,23,26);2-6,21H,1H3;2-7,20H,1H3;1-5,20H,(H,22,23);2H,1,3-5H2;1H;2*2H,1H3;1H4;3H;1H;;1H2/q;;;;;;;;;;;;+1;/p-1. The molecule has 14 N–H and O–H groups in total. The van der Waals surface area contributed by atoms with Crippen LogP contribution in [-0.2, 0) is 33.5 Å². The third kappa shape index (κ3) is 39.8. The summed E-state index contributed by atoms with van der Waals surface area (Å²) < 4.78 is 36.0. The smallest absolute Gasteiger partial charge is 0.870 e. The molecule has 0 fully saturated rings. The maximum atomic E-state index is 12.8. The molecule has 62 heteroatoms. The number of aromatic nitrogens is 10. The number of rotatable bonds is 27. The van der Waals surface area contributed by atoms with Gasteiger partial charge in [-0.3, -0.25) is 36.9 Å². The van der Waals surface area contributed by atoms with Crippen LogP contribution in [0.4, 0.5) is 56.9 Å². The van der Waals surface area contributed by atoms with E-state index in [4.69, 9.17) is 190 Å². The predicted molar refractivity (Wildman–Crippen MR) is 621 cm³/mol. The topological polar surface area (TPSA) is 470 Å². The zero-order valence-corrected chi connectivity index (χ0v) is 103. The van der Waals surface area contributed by atoms with Crippen molar-refractivity contribution in [1.29, 1.82) is 0 Å². The van der Waals surface area contributed by atoms with E-state index in [2.05, 4.69) is 259 Å². The number of anilines is 10. The molecular formula is C86H77BBr9Cl14N19NaO17S. The Morgan fingerprint density at radius 1 is 0.453 bits per heavy atom. The molecule has 148 heavy (non-hydrogen) atoms. The number of carbonyl (C=O) groups is 5. The molecule has 789 valence electrons. The van der Waals surface area contributed by atoms with Gasteiger partial charge in [0.2, 0.25) is 0 Å². The predicted octanol–water partition coefficient (Wildman–Crippen LogP) is 25.8. The fourth-order valence-electron chi connectivity index (χ4n) is 11.2. The summed E-state index contributed by atoms with van der Waals surface area (Å²) >= 11 is 111. The molecule has 0 unspecified atom stereocenters. The molecule has 0 atom stereocenters. The van der Waals surface area contributed by atoms with Gasteiger partial charge in [0.05, 0.1) is 158 Å². The number of aliphatic hydroxyl groups excluding tert-OH is 3. The molecule has 15 aromatic rings. The van der Waals surface area contributed by atoms with Gasteiger partial charge in [-0.2, -0.15) is 0 Å². The number of thiol groups is 1. The maximum Gasteiger partial charge on any atom is 1.00 e. The van der Waals surface area contributed by atoms with E-state index >= 15 is 0 Å². The molecule has 0 aliphatic carbocycles. The van der Waals surface area contributed by atoms with Crippen LogP contribution in [0.25, 0.3) is 28.2 Å². The molecule has 36 nitrogen and oxygen atoms in total. The Morgan fingerprint density at radius 2 is 0.709 bits per heavy atom. The van der Waals surface area contributed by atoms with E-state index in [0.29, 0.717) is 141 Å². The van der Waals surface area contributed by atoms with Crippen LogP contribution in [0.15, 0.2) is 230 Å². The number of nitrogens with two attached hydrogens (primary N) is 1. The Labute approximate surface area is 1020 Å². The van der Waals surface area contributed by atoms with Crippen LogP contribution >= 0.6 is 319 Å². The number of pyridine rings is 5. The number of benzene rings is 5. The molecule has 5 aromatic carbocycles. The molecular weight excluding hydrogens is 2850 g/mol. The van der Waals surface area contributed by atoms with Gasteiger partial charge in [0, 0.05) is 80.0 Å². The number of ether oxygens (including phenoxy) is 4. The van der Waals surface area contributed by atoms with E-state index in [1.807, 2.05) is 18.2 Å². The van der Waals surface area contributed by atoms with Crippen molar-refractivity contribution in [3.8, 4) is 0 Å². The van der Waals surface area contributed by atoms with Gasteiger partial charge in [0.1, 0.15) is 86.6 Å². The second-order valence-electron chi connectivity index (χ2n) is 26.0. The number of imidazole rings is 5. The molecule has 0 saturated carbocycles. The Kier molecular flexibility index (Phi) is 66.1. The number of nitrogens with one attached hydrogen (secondary N) is 7. The van der Waals surface area contributed by atoms with Crippen LogP contribution in [-0.4, -0.2) is 183 Å². The first-order valence-corrected chi connectivity index (χ1v) is 51.5. The van der Waals surface area contributed by atoms with Crippen LogP contribution < -0.4 is 73.0 Å². The molecule has 0 bridgehead atoms. The number of hydrogen-bond donors (Lipinski definition) is 13. The van der Waals surface area contributed by atoms with Crippen LogP contribution in [0.1, 0.15) is 59.2 Å². The number of amides is 2. The molecule has 0 spiro atoms. The first-order chi connectivity index (χ1) is 68.7. The fraction of sp³-hybridized carbons (Fsp3) is 0.140. The first kappa shape index (κ1) is 138. The molecule has 10 aromatic heterocycles. The number of hydrogen-bond acceptors (Lipinski definition) is 29. The minimum absolute atomic E-state index is 0. The summed E-state index contributed by atoms with van der Waals surface area (Å²) in [5.74, 6) is 1.42. The molecule has 2 amide bonds. The monoisotopic (exact) mass is 2910 g/mol. The number of alkyl halides is 3. The summed E-state index contributed by atoms with van der Waals surface area (Å²) in [6.45, 7) is 7.74. The fourth-order valence-corrected chi connectivity index (χ4v) is 17.8. The third-order valence-corrected chi connectivity index (χ3v) is 25.4. The van der Waals surface area contributed by atoms with E-state index in [0.717, 1.165) is 36.6 Å². The summed E-state index contributed by atoms with van der Waals surface area (Å²) in [5.41, 5.74) is 12.5. The van der Waals surface area contributed by atoms with E-state index in [-0.39, 0.29) is 135 Å². The Balaban J connectivity index is 0.000000596. The Morgan fingerprint density at radius 3 is 0.980 bits per heavy atom. The number of carboxylic acid groups (broad SMARTS) is 1. The van der Waals surface area contributed by atoms with Gasteiger partial charge >= 0.3 is 72.2 Å². The van der Waals surface area contributed by atoms with E-state index in [9.17, 15) is 29.1 Å². The number of aromatic carboxylic acids is 1. The third-order valence-electron chi connectivity index (χ3n) is 17.3. The normalized spacial score (nSPS) is 10.0. The number of esters is 2. The van der Waals surface area contributed by atoms with Crippen LogP contribution in [0.3, 0.4) is 0 Å². The van der Waals surface area contributed by atoms with Gasteiger partial charge in [-0.05, 0) is 155 Å². The number of halogens is 23. The number of hydroxylamine groups is 2. The van der Waals surface area contributed by atoms with Crippen molar-refractivity contribution in [3.05, 3.63) is 304 Å². The Bertz CT molecular complexity index is 7000. The largest absolute Gasteiger partial charge is 1.00 e. The molecule has 1 radical (unpaired) electrons. The van der Waals surface area contributed by atoms with Crippen LogP contribution in [0.2, 0.25) is 50.2 Å². The zero-order chi connectivity index (χ0) is 107. The van der Waals surface area contributed by atoms with Crippen molar-refractivity contribution in [2.45, 2.75) is 11.7 Å². The average Bonchev–Trinajstić information content (AvgIpc) is 1.60. The second-order valence-corrected chi connectivity index (χ2v) is 40.0. The van der Waals surface area contributed by atoms with Gasteiger partial charge in [0.25, 0.3) is 11.8 Å². The quantitative estimate of drug-likeness (QED) is 0.00432. The summed E-state index contributed by atoms with van der Waals surface area (Å²) in [5, 5.41) is 51.2. The van der Waals surface area contributed by atoms with Crippen molar-refractivity contribution < 1.29 is 113 Å². The average molecular weight is 2930 g/mol. The molecule has 0 saturated heterocycles. The van der Waals surface area contributed by atoms with Gasteiger partial charge in [-0.25, -0.2) is 56.2 Å². The maximum absolute atomic E-state index is 12.8. The van der Waals surface area contributed by atoms with Gasteiger partial charge in [0.15, 0.2) is 32.5 Å². The number of methoxy groups -OCH3 is 2. The Hall–Kier alpha value is -5.75. The number of carboxylic acids is 1. The van der Waals surface area contributed by atoms with E-state index < -0.39 is 34.0 Å². The molecule has 15 rings (SSSR count). The van der Waals surface area contributed by atoms with Crippen LogP contribution in [0.5, 0.6) is 0 Å². The van der Waals surface area contributed by atoms with Crippen molar-refractivity contribution in [3.63, 3.8) is 0 Å². The summed E-state index contributed by atoms with van der Waals surface area (Å²) in [6.07, 6.45) is 20.0. The van der Waals surface area contributed by atoms with E-state index in [1.54, 1.807) is 157 Å². The summed E-state index contributed by atoms with van der Waals surface area (Å²) in [6, 6.07) is 26.5. The number of carbonyl (C=O) groups excluding carboxylic acids is 4. The second kappa shape index (κ2) is 70.7. The van der Waals surface area contributed by atoms with Crippen molar-refractivity contribution in [2.75, 3.05) is 94.7 Å². The SMILES string of the molecule is C.C=COCCON.C=COCCONC(=O)c1cn2c(Br)cnc2c(Cl)c1Nc1ccc(Br)cc1Cl.CO.CO.COC(=O)c1cn2c(Br)cnc2c(Cl)c1Nc1ccc(Br)cc1Cl.COC(=O)c1cn2ccnc2c(Cl)c1Nc1ccc(Br)cc1Cl.Cl.ClC(Cl)Cl.O=C(NOCCO)c1cn2c(Br)cnc2c(Cl)c1Nc1ccc(Br)cc1Cl.O=C(O)c1cn2c(Br)cnc2c(Cl)c1Nc1ccc(Br)cc1Cl.[B]=NS.[Na+].[OH-]. The van der Waals surface area contributed by atoms with Crippen LogP contribution in [0, 0.1) is 0 Å².